The second kappa shape index (κ2) is 16.0. The number of hydrogen-bond donors (Lipinski definition) is 1. The summed E-state index contributed by atoms with van der Waals surface area (Å²) in [6.45, 7) is 6.15. The maximum Gasteiger partial charge on any atom is 0.240 e. The van der Waals surface area contributed by atoms with Crippen molar-refractivity contribution in [2.24, 2.45) is 0 Å². The van der Waals surface area contributed by atoms with E-state index < -0.39 is 10.0 Å². The maximum atomic E-state index is 13.0. The Hall–Kier alpha value is -2.28. The Balaban J connectivity index is 1.13. The lowest BCUT2D eigenvalue weighted by Crippen LogP contribution is -2.31. The fourth-order valence-corrected chi connectivity index (χ4v) is 6.34. The zero-order valence-electron chi connectivity index (χ0n) is 23.9. The van der Waals surface area contributed by atoms with E-state index in [1.807, 2.05) is 44.3 Å². The summed E-state index contributed by atoms with van der Waals surface area (Å²) < 4.78 is 50.6. The lowest BCUT2D eigenvalue weighted by atomic mass is 9.85. The van der Waals surface area contributed by atoms with Gasteiger partial charge in [-0.1, -0.05) is 41.4 Å². The van der Waals surface area contributed by atoms with E-state index in [2.05, 4.69) is 14.6 Å². The second-order valence-electron chi connectivity index (χ2n) is 9.98. The van der Waals surface area contributed by atoms with Gasteiger partial charge in [0.1, 0.15) is 6.61 Å². The molecule has 3 aromatic rings. The number of aryl methyl sites for hydroxylation is 1. The number of pyridine rings is 1. The molecule has 12 heteroatoms. The van der Waals surface area contributed by atoms with Crippen molar-refractivity contribution in [3.05, 3.63) is 87.0 Å². The molecule has 1 N–H and O–H groups in total. The zero-order chi connectivity index (χ0) is 30.0. The molecule has 9 nitrogen and oxygen atoms in total. The molecule has 1 aromatic heterocycles. The Morgan fingerprint density at radius 2 is 1.62 bits per heavy atom. The number of ether oxygens (including phenoxy) is 4. The van der Waals surface area contributed by atoms with Crippen LogP contribution in [0.5, 0.6) is 5.88 Å². The summed E-state index contributed by atoms with van der Waals surface area (Å²) in [4.78, 5) is 6.63. The normalized spacial score (nSPS) is 15.5. The number of likely N-dealkylation sites (N-methyl/N-ethyl adjacent to an activating group) is 1. The van der Waals surface area contributed by atoms with E-state index >= 15 is 0 Å². The summed E-state index contributed by atoms with van der Waals surface area (Å²) in [7, 11) is -1.70. The van der Waals surface area contributed by atoms with Gasteiger partial charge in [-0.15, -0.1) is 0 Å². The van der Waals surface area contributed by atoms with Crippen LogP contribution in [-0.4, -0.2) is 84.7 Å². The van der Waals surface area contributed by atoms with Gasteiger partial charge in [0.05, 0.1) is 44.5 Å². The van der Waals surface area contributed by atoms with Crippen LogP contribution in [0.1, 0.15) is 28.3 Å². The van der Waals surface area contributed by atoms with Crippen LogP contribution < -0.4 is 9.46 Å². The van der Waals surface area contributed by atoms with E-state index in [-0.39, 0.29) is 24.0 Å². The number of fused-ring (bicyclic) bond motifs is 1. The molecule has 1 unspecified atom stereocenters. The van der Waals surface area contributed by atoms with Crippen molar-refractivity contribution in [1.29, 1.82) is 0 Å². The van der Waals surface area contributed by atoms with Crippen LogP contribution in [0.15, 0.2) is 59.5 Å². The van der Waals surface area contributed by atoms with E-state index in [1.54, 1.807) is 24.3 Å². The third-order valence-electron chi connectivity index (χ3n) is 6.69. The smallest absolute Gasteiger partial charge is 0.240 e. The van der Waals surface area contributed by atoms with E-state index in [1.165, 1.54) is 0 Å². The number of nitrogens with one attached hydrogen (secondary N) is 1. The highest BCUT2D eigenvalue weighted by atomic mass is 35.5. The Labute approximate surface area is 258 Å². The van der Waals surface area contributed by atoms with Crippen molar-refractivity contribution in [2.45, 2.75) is 24.3 Å². The van der Waals surface area contributed by atoms with E-state index in [9.17, 15) is 8.42 Å². The minimum atomic E-state index is -3.72. The molecule has 1 aliphatic rings. The molecule has 228 valence electrons. The number of nitrogens with zero attached hydrogens (tertiary/aromatic N) is 2. The van der Waals surface area contributed by atoms with Gasteiger partial charge < -0.3 is 23.8 Å². The van der Waals surface area contributed by atoms with Gasteiger partial charge in [0, 0.05) is 47.4 Å². The first-order valence-electron chi connectivity index (χ1n) is 13.8. The van der Waals surface area contributed by atoms with Crippen molar-refractivity contribution in [2.75, 3.05) is 66.4 Å². The SMILES string of the molecule is Cc1cccc(OCCOCCOCCOCCNS(=O)(=O)c2cccc(C3CN(C)Cc4c(Cl)cc(Cl)cc43)c2)n1. The Morgan fingerprint density at radius 3 is 2.36 bits per heavy atom. The third kappa shape index (κ3) is 9.62. The number of benzene rings is 2. The monoisotopic (exact) mass is 637 g/mol. The van der Waals surface area contributed by atoms with Crippen molar-refractivity contribution in [1.82, 2.24) is 14.6 Å². The van der Waals surface area contributed by atoms with E-state index in [0.717, 1.165) is 28.9 Å². The van der Waals surface area contributed by atoms with Crippen LogP contribution >= 0.6 is 23.2 Å². The molecule has 0 amide bonds. The van der Waals surface area contributed by atoms with Gasteiger partial charge in [-0.2, -0.15) is 0 Å². The predicted octanol–water partition coefficient (Wildman–Crippen LogP) is 4.68. The molecule has 1 aliphatic heterocycles. The van der Waals surface area contributed by atoms with Gasteiger partial charge in [0.25, 0.3) is 0 Å². The first-order valence-corrected chi connectivity index (χ1v) is 16.0. The number of rotatable bonds is 16. The van der Waals surface area contributed by atoms with Crippen molar-refractivity contribution in [3.8, 4) is 5.88 Å². The molecular formula is C30H37Cl2N3O6S. The molecule has 1 atom stereocenters. The largest absolute Gasteiger partial charge is 0.475 e. The summed E-state index contributed by atoms with van der Waals surface area (Å²) in [6.07, 6.45) is 0. The van der Waals surface area contributed by atoms with Crippen LogP contribution in [0.4, 0.5) is 0 Å². The second-order valence-corrected chi connectivity index (χ2v) is 12.6. The highest BCUT2D eigenvalue weighted by Crippen LogP contribution is 2.38. The molecule has 0 bridgehead atoms. The fraction of sp³-hybridized carbons (Fsp3) is 0.433. The van der Waals surface area contributed by atoms with Gasteiger partial charge in [-0.05, 0) is 61.0 Å². The van der Waals surface area contributed by atoms with E-state index in [0.29, 0.717) is 62.1 Å². The van der Waals surface area contributed by atoms with Crippen LogP contribution in [0.2, 0.25) is 10.0 Å². The molecule has 42 heavy (non-hydrogen) atoms. The molecular weight excluding hydrogens is 601 g/mol. The third-order valence-corrected chi connectivity index (χ3v) is 8.70. The predicted molar refractivity (Wildman–Crippen MR) is 163 cm³/mol. The summed E-state index contributed by atoms with van der Waals surface area (Å²) in [5, 5.41) is 1.19. The Kier molecular flexibility index (Phi) is 12.4. The van der Waals surface area contributed by atoms with Gasteiger partial charge in [-0.3, -0.25) is 0 Å². The fourth-order valence-electron chi connectivity index (χ4n) is 4.71. The molecule has 0 fully saturated rings. The van der Waals surface area contributed by atoms with Crippen LogP contribution in [0, 0.1) is 6.92 Å². The first-order chi connectivity index (χ1) is 20.2. The highest BCUT2D eigenvalue weighted by Gasteiger charge is 2.28. The molecule has 4 rings (SSSR count). The molecule has 0 spiro atoms. The highest BCUT2D eigenvalue weighted by molar-refractivity contribution is 7.89. The topological polar surface area (TPSA) is 99.2 Å². The molecule has 0 saturated carbocycles. The van der Waals surface area contributed by atoms with Gasteiger partial charge in [0.15, 0.2) is 0 Å². The number of aromatic nitrogens is 1. The summed E-state index contributed by atoms with van der Waals surface area (Å²) in [5.74, 6) is 0.529. The number of sulfonamides is 1. The molecule has 0 radical (unpaired) electrons. The maximum absolute atomic E-state index is 13.0. The quantitative estimate of drug-likeness (QED) is 0.226. The summed E-state index contributed by atoms with van der Waals surface area (Å²) in [6, 6.07) is 16.3. The molecule has 2 heterocycles. The number of halogens is 2. The summed E-state index contributed by atoms with van der Waals surface area (Å²) in [5.41, 5.74) is 3.83. The lowest BCUT2D eigenvalue weighted by Gasteiger charge is -2.33. The molecule has 2 aromatic carbocycles. The minimum Gasteiger partial charge on any atom is -0.475 e. The Bertz CT molecular complexity index is 1430. The van der Waals surface area contributed by atoms with E-state index in [4.69, 9.17) is 42.1 Å². The minimum absolute atomic E-state index is 0.0527. The van der Waals surface area contributed by atoms with Crippen molar-refractivity contribution >= 4 is 33.2 Å². The van der Waals surface area contributed by atoms with Crippen LogP contribution in [0.25, 0.3) is 0 Å². The van der Waals surface area contributed by atoms with Gasteiger partial charge >= 0.3 is 0 Å². The molecule has 0 aliphatic carbocycles. The summed E-state index contributed by atoms with van der Waals surface area (Å²) >= 11 is 12.8. The van der Waals surface area contributed by atoms with Gasteiger partial charge in [0.2, 0.25) is 15.9 Å². The average Bonchev–Trinajstić information content (AvgIpc) is 2.95. The zero-order valence-corrected chi connectivity index (χ0v) is 26.2. The standard InChI is InChI=1S/C30H37Cl2N3O6S/c1-22-5-3-8-30(34-22)41-16-15-40-14-13-39-12-11-38-10-9-33-42(36,37)25-7-4-6-23(17-25)27-20-35(2)21-28-26(27)18-24(31)19-29(28)32/h3-8,17-19,27,33H,9-16,20-21H2,1-2H3. The van der Waals surface area contributed by atoms with Crippen LogP contribution in [0.3, 0.4) is 0 Å². The van der Waals surface area contributed by atoms with Crippen molar-refractivity contribution in [3.63, 3.8) is 0 Å². The average molecular weight is 639 g/mol. The Morgan fingerprint density at radius 1 is 0.929 bits per heavy atom. The van der Waals surface area contributed by atoms with Gasteiger partial charge in [-0.25, -0.2) is 18.1 Å². The first kappa shape index (κ1) is 32.6. The lowest BCUT2D eigenvalue weighted by molar-refractivity contribution is 0.0100. The number of hydrogen-bond acceptors (Lipinski definition) is 8. The van der Waals surface area contributed by atoms with Crippen molar-refractivity contribution < 1.29 is 27.4 Å². The van der Waals surface area contributed by atoms with Crippen LogP contribution in [-0.2, 0) is 30.8 Å². The molecule has 0 saturated heterocycles.